The SMILES string of the molecule is CCCSCC(CC(C)CC)NC. The Morgan fingerprint density at radius 3 is 2.46 bits per heavy atom. The van der Waals surface area contributed by atoms with Crippen LogP contribution < -0.4 is 5.32 Å². The fourth-order valence-electron chi connectivity index (χ4n) is 1.29. The maximum atomic E-state index is 3.41. The van der Waals surface area contributed by atoms with Crippen LogP contribution in [0.5, 0.6) is 0 Å². The van der Waals surface area contributed by atoms with E-state index in [1.54, 1.807) is 0 Å². The molecule has 2 atom stereocenters. The first-order chi connectivity index (χ1) is 6.24. The normalized spacial score (nSPS) is 15.7. The van der Waals surface area contributed by atoms with Crippen molar-refractivity contribution in [1.29, 1.82) is 0 Å². The molecule has 0 bridgehead atoms. The fourth-order valence-corrected chi connectivity index (χ4v) is 2.33. The highest BCUT2D eigenvalue weighted by Crippen LogP contribution is 2.14. The summed E-state index contributed by atoms with van der Waals surface area (Å²) < 4.78 is 0. The molecule has 13 heavy (non-hydrogen) atoms. The summed E-state index contributed by atoms with van der Waals surface area (Å²) in [4.78, 5) is 0. The van der Waals surface area contributed by atoms with Crippen LogP contribution in [0, 0.1) is 5.92 Å². The highest BCUT2D eigenvalue weighted by molar-refractivity contribution is 7.99. The van der Waals surface area contributed by atoms with Crippen molar-refractivity contribution in [3.63, 3.8) is 0 Å². The van der Waals surface area contributed by atoms with Gasteiger partial charge < -0.3 is 5.32 Å². The molecule has 2 heteroatoms. The van der Waals surface area contributed by atoms with E-state index in [4.69, 9.17) is 0 Å². The summed E-state index contributed by atoms with van der Waals surface area (Å²) in [7, 11) is 2.08. The van der Waals surface area contributed by atoms with Crippen molar-refractivity contribution in [3.8, 4) is 0 Å². The van der Waals surface area contributed by atoms with E-state index in [-0.39, 0.29) is 0 Å². The standard InChI is InChI=1S/C11H25NS/c1-5-7-13-9-11(12-4)8-10(3)6-2/h10-12H,5-9H2,1-4H3. The molecular weight excluding hydrogens is 178 g/mol. The molecular formula is C11H25NS. The average Bonchev–Trinajstić information content (AvgIpc) is 2.16. The van der Waals surface area contributed by atoms with Crippen molar-refractivity contribution in [2.45, 2.75) is 46.1 Å². The highest BCUT2D eigenvalue weighted by Gasteiger charge is 2.09. The second-order valence-corrected chi connectivity index (χ2v) is 4.96. The summed E-state index contributed by atoms with van der Waals surface area (Å²) in [5.74, 6) is 3.44. The minimum atomic E-state index is 0.714. The minimum absolute atomic E-state index is 0.714. The molecule has 0 aromatic rings. The number of nitrogens with one attached hydrogen (secondary N) is 1. The zero-order valence-corrected chi connectivity index (χ0v) is 10.4. The highest BCUT2D eigenvalue weighted by atomic mass is 32.2. The average molecular weight is 203 g/mol. The van der Waals surface area contributed by atoms with Gasteiger partial charge in [0.15, 0.2) is 0 Å². The van der Waals surface area contributed by atoms with Crippen molar-refractivity contribution < 1.29 is 0 Å². The van der Waals surface area contributed by atoms with Crippen LogP contribution in [0.1, 0.15) is 40.0 Å². The van der Waals surface area contributed by atoms with E-state index < -0.39 is 0 Å². The molecule has 0 heterocycles. The van der Waals surface area contributed by atoms with E-state index >= 15 is 0 Å². The molecule has 0 aromatic carbocycles. The molecule has 1 nitrogen and oxygen atoms in total. The molecule has 80 valence electrons. The Morgan fingerprint density at radius 1 is 1.31 bits per heavy atom. The lowest BCUT2D eigenvalue weighted by Crippen LogP contribution is -2.29. The van der Waals surface area contributed by atoms with Crippen LogP contribution >= 0.6 is 11.8 Å². The molecule has 0 saturated carbocycles. The Hall–Kier alpha value is 0.310. The Morgan fingerprint density at radius 2 is 2.00 bits per heavy atom. The lowest BCUT2D eigenvalue weighted by molar-refractivity contribution is 0.436. The Labute approximate surface area is 88.1 Å². The molecule has 0 radical (unpaired) electrons. The fraction of sp³-hybridized carbons (Fsp3) is 1.00. The molecule has 0 amide bonds. The van der Waals surface area contributed by atoms with Crippen LogP contribution in [-0.4, -0.2) is 24.6 Å². The predicted octanol–water partition coefficient (Wildman–Crippen LogP) is 3.15. The zero-order chi connectivity index (χ0) is 10.1. The molecule has 0 saturated heterocycles. The molecule has 0 aromatic heterocycles. The monoisotopic (exact) mass is 203 g/mol. The smallest absolute Gasteiger partial charge is 0.0157 e. The summed E-state index contributed by atoms with van der Waals surface area (Å²) in [5, 5.41) is 3.41. The third-order valence-corrected chi connectivity index (χ3v) is 3.79. The Kier molecular flexibility index (Phi) is 9.10. The molecule has 0 aliphatic rings. The van der Waals surface area contributed by atoms with Gasteiger partial charge in [-0.15, -0.1) is 0 Å². The summed E-state index contributed by atoms with van der Waals surface area (Å²) >= 11 is 2.08. The predicted molar refractivity (Wildman–Crippen MR) is 64.5 cm³/mol. The van der Waals surface area contributed by atoms with Crippen molar-refractivity contribution >= 4 is 11.8 Å². The topological polar surface area (TPSA) is 12.0 Å². The quantitative estimate of drug-likeness (QED) is 0.608. The van der Waals surface area contributed by atoms with E-state index in [2.05, 4.69) is 44.9 Å². The van der Waals surface area contributed by atoms with Crippen LogP contribution in [0.4, 0.5) is 0 Å². The molecule has 1 N–H and O–H groups in total. The number of hydrogen-bond acceptors (Lipinski definition) is 2. The lowest BCUT2D eigenvalue weighted by Gasteiger charge is -2.19. The summed E-state index contributed by atoms with van der Waals surface area (Å²) in [6.07, 6.45) is 3.92. The van der Waals surface area contributed by atoms with Gasteiger partial charge in [-0.1, -0.05) is 27.2 Å². The van der Waals surface area contributed by atoms with Gasteiger partial charge in [0.2, 0.25) is 0 Å². The van der Waals surface area contributed by atoms with Crippen LogP contribution in [0.3, 0.4) is 0 Å². The van der Waals surface area contributed by atoms with E-state index in [9.17, 15) is 0 Å². The maximum Gasteiger partial charge on any atom is 0.0157 e. The third-order valence-electron chi connectivity index (χ3n) is 2.46. The molecule has 0 rings (SSSR count). The summed E-state index contributed by atoms with van der Waals surface area (Å²) in [6, 6.07) is 0.714. The van der Waals surface area contributed by atoms with Crippen molar-refractivity contribution in [2.75, 3.05) is 18.6 Å². The maximum absolute atomic E-state index is 3.41. The zero-order valence-electron chi connectivity index (χ0n) is 9.60. The van der Waals surface area contributed by atoms with Gasteiger partial charge in [0.1, 0.15) is 0 Å². The van der Waals surface area contributed by atoms with Crippen LogP contribution in [0.2, 0.25) is 0 Å². The molecule has 0 aliphatic carbocycles. The molecule has 0 fully saturated rings. The first-order valence-electron chi connectivity index (χ1n) is 5.49. The van der Waals surface area contributed by atoms with Crippen molar-refractivity contribution in [2.24, 2.45) is 5.92 Å². The Balaban J connectivity index is 3.50. The van der Waals surface area contributed by atoms with Gasteiger partial charge in [-0.2, -0.15) is 11.8 Å². The van der Waals surface area contributed by atoms with E-state index in [1.807, 2.05) is 0 Å². The van der Waals surface area contributed by atoms with Gasteiger partial charge in [-0.25, -0.2) is 0 Å². The second kappa shape index (κ2) is 8.89. The van der Waals surface area contributed by atoms with Gasteiger partial charge in [-0.05, 0) is 31.6 Å². The first kappa shape index (κ1) is 13.3. The van der Waals surface area contributed by atoms with Crippen LogP contribution in [0.25, 0.3) is 0 Å². The summed E-state index contributed by atoms with van der Waals surface area (Å²) in [6.45, 7) is 6.86. The Bertz CT molecular complexity index is 106. The second-order valence-electron chi connectivity index (χ2n) is 3.81. The molecule has 2 unspecified atom stereocenters. The van der Waals surface area contributed by atoms with E-state index in [1.165, 1.54) is 30.8 Å². The third kappa shape index (κ3) is 7.39. The minimum Gasteiger partial charge on any atom is -0.316 e. The molecule has 0 aliphatic heterocycles. The van der Waals surface area contributed by atoms with Gasteiger partial charge >= 0.3 is 0 Å². The van der Waals surface area contributed by atoms with Gasteiger partial charge in [0.25, 0.3) is 0 Å². The van der Waals surface area contributed by atoms with Crippen molar-refractivity contribution in [3.05, 3.63) is 0 Å². The number of rotatable bonds is 8. The largest absolute Gasteiger partial charge is 0.316 e. The van der Waals surface area contributed by atoms with E-state index in [0.29, 0.717) is 6.04 Å². The first-order valence-corrected chi connectivity index (χ1v) is 6.65. The van der Waals surface area contributed by atoms with Crippen LogP contribution in [0.15, 0.2) is 0 Å². The van der Waals surface area contributed by atoms with E-state index in [0.717, 1.165) is 5.92 Å². The van der Waals surface area contributed by atoms with Gasteiger partial charge in [-0.3, -0.25) is 0 Å². The number of thioether (sulfide) groups is 1. The molecule has 0 spiro atoms. The van der Waals surface area contributed by atoms with Gasteiger partial charge in [0, 0.05) is 11.8 Å². The van der Waals surface area contributed by atoms with Crippen molar-refractivity contribution in [1.82, 2.24) is 5.32 Å². The summed E-state index contributed by atoms with van der Waals surface area (Å²) in [5.41, 5.74) is 0. The lowest BCUT2D eigenvalue weighted by atomic mass is 10.0. The van der Waals surface area contributed by atoms with Crippen LogP contribution in [-0.2, 0) is 0 Å². The van der Waals surface area contributed by atoms with Gasteiger partial charge in [0.05, 0.1) is 0 Å². The number of hydrogen-bond donors (Lipinski definition) is 1.